The van der Waals surface area contributed by atoms with Crippen molar-refractivity contribution < 1.29 is 9.90 Å². The maximum Gasteiger partial charge on any atom is 0.407 e. The van der Waals surface area contributed by atoms with Crippen LogP contribution in [0.2, 0.25) is 5.15 Å². The average Bonchev–Trinajstić information content (AvgIpc) is 2.77. The third-order valence-electron chi connectivity index (χ3n) is 3.55. The van der Waals surface area contributed by atoms with Crippen LogP contribution in [0.25, 0.3) is 5.52 Å². The molecular weight excluding hydrogens is 362 g/mol. The van der Waals surface area contributed by atoms with Crippen molar-refractivity contribution in [2.24, 2.45) is 0 Å². The zero-order valence-corrected chi connectivity index (χ0v) is 13.4. The van der Waals surface area contributed by atoms with Gasteiger partial charge in [-0.1, -0.05) is 11.6 Å². The van der Waals surface area contributed by atoms with E-state index in [2.05, 4.69) is 30.8 Å². The number of hydrogen-bond donors (Lipinski definition) is 1. The topological polar surface area (TPSA) is 74.0 Å². The summed E-state index contributed by atoms with van der Waals surface area (Å²) in [5.41, 5.74) is 0.748. The molecule has 0 aromatic carbocycles. The molecule has 3 rings (SSSR count). The second-order valence-corrected chi connectivity index (χ2v) is 5.91. The Kier molecular flexibility index (Phi) is 4.01. The molecule has 0 radical (unpaired) electrons. The molecular formula is C12H13BrClN5O2. The molecule has 1 saturated heterocycles. The van der Waals surface area contributed by atoms with E-state index >= 15 is 0 Å². The number of carbonyl (C=O) groups is 1. The van der Waals surface area contributed by atoms with Gasteiger partial charge < -0.3 is 10.0 Å². The Bertz CT molecular complexity index is 684. The molecule has 2 aromatic heterocycles. The highest BCUT2D eigenvalue weighted by molar-refractivity contribution is 9.10. The van der Waals surface area contributed by atoms with E-state index in [1.54, 1.807) is 6.20 Å². The molecule has 1 aliphatic rings. The number of nitrogens with zero attached hydrogens (tertiary/aromatic N) is 5. The van der Waals surface area contributed by atoms with Gasteiger partial charge in [-0.05, 0) is 15.9 Å². The second-order valence-electron chi connectivity index (χ2n) is 4.80. The van der Waals surface area contributed by atoms with Crippen molar-refractivity contribution in [3.8, 4) is 0 Å². The van der Waals surface area contributed by atoms with Crippen LogP contribution in [-0.2, 0) is 6.54 Å². The maximum atomic E-state index is 10.9. The molecule has 0 bridgehead atoms. The molecule has 0 spiro atoms. The Balaban J connectivity index is 1.78. The van der Waals surface area contributed by atoms with Gasteiger partial charge in [-0.15, -0.1) is 0 Å². The van der Waals surface area contributed by atoms with Gasteiger partial charge in [0.15, 0.2) is 5.15 Å². The van der Waals surface area contributed by atoms with Crippen LogP contribution in [0.5, 0.6) is 0 Å². The molecule has 112 valence electrons. The molecule has 21 heavy (non-hydrogen) atoms. The van der Waals surface area contributed by atoms with Crippen molar-refractivity contribution >= 4 is 39.1 Å². The molecule has 9 heteroatoms. The quantitative estimate of drug-likeness (QED) is 0.869. The lowest BCUT2D eigenvalue weighted by molar-refractivity contribution is 0.102. The Morgan fingerprint density at radius 1 is 1.38 bits per heavy atom. The largest absolute Gasteiger partial charge is 0.465 e. The zero-order valence-electron chi connectivity index (χ0n) is 11.0. The number of piperazine rings is 1. The van der Waals surface area contributed by atoms with Crippen LogP contribution in [0.15, 0.2) is 17.0 Å². The first-order valence-electron chi connectivity index (χ1n) is 6.43. The molecule has 0 unspecified atom stereocenters. The van der Waals surface area contributed by atoms with E-state index < -0.39 is 6.09 Å². The highest BCUT2D eigenvalue weighted by Gasteiger charge is 2.22. The van der Waals surface area contributed by atoms with E-state index in [1.807, 2.05) is 10.6 Å². The number of fused-ring (bicyclic) bond motifs is 1. The van der Waals surface area contributed by atoms with Crippen LogP contribution in [-0.4, -0.2) is 61.5 Å². The summed E-state index contributed by atoms with van der Waals surface area (Å²) < 4.78 is 2.57. The van der Waals surface area contributed by atoms with E-state index in [9.17, 15) is 4.79 Å². The third-order valence-corrected chi connectivity index (χ3v) is 4.38. The first-order valence-corrected chi connectivity index (χ1v) is 7.60. The lowest BCUT2D eigenvalue weighted by Crippen LogP contribution is -2.47. The van der Waals surface area contributed by atoms with Crippen LogP contribution in [0.1, 0.15) is 5.82 Å². The van der Waals surface area contributed by atoms with E-state index in [0.717, 1.165) is 11.3 Å². The fourth-order valence-corrected chi connectivity index (χ4v) is 3.36. The average molecular weight is 375 g/mol. The lowest BCUT2D eigenvalue weighted by Gasteiger charge is -2.32. The predicted molar refractivity (Wildman–Crippen MR) is 80.6 cm³/mol. The van der Waals surface area contributed by atoms with E-state index in [-0.39, 0.29) is 0 Å². The van der Waals surface area contributed by atoms with E-state index in [4.69, 9.17) is 16.7 Å². The van der Waals surface area contributed by atoms with E-state index in [0.29, 0.717) is 42.5 Å². The van der Waals surface area contributed by atoms with Crippen LogP contribution >= 0.6 is 27.5 Å². The standard InChI is InChI=1S/C12H13BrClN5O2/c13-10-9-11(14)15-1-2-19(9)8(16-10)7-17-3-5-18(6-4-17)12(20)21/h1-2H,3-7H2,(H,20,21). The predicted octanol–water partition coefficient (Wildman–Crippen LogP) is 1.94. The summed E-state index contributed by atoms with van der Waals surface area (Å²) in [6.45, 7) is 3.06. The summed E-state index contributed by atoms with van der Waals surface area (Å²) in [7, 11) is 0. The van der Waals surface area contributed by atoms with Gasteiger partial charge in [-0.2, -0.15) is 0 Å². The molecule has 0 aliphatic carbocycles. The minimum Gasteiger partial charge on any atom is -0.465 e. The Labute approximate surface area is 134 Å². The molecule has 1 aliphatic heterocycles. The summed E-state index contributed by atoms with van der Waals surface area (Å²) in [6.07, 6.45) is 2.60. The summed E-state index contributed by atoms with van der Waals surface area (Å²) >= 11 is 9.49. The SMILES string of the molecule is O=C(O)N1CCN(Cc2nc(Br)c3c(Cl)nccn23)CC1. The van der Waals surface area contributed by atoms with Crippen LogP contribution in [0.4, 0.5) is 4.79 Å². The Morgan fingerprint density at radius 2 is 2.10 bits per heavy atom. The minimum atomic E-state index is -0.860. The molecule has 0 saturated carbocycles. The van der Waals surface area contributed by atoms with Crippen molar-refractivity contribution in [1.29, 1.82) is 0 Å². The normalized spacial score (nSPS) is 16.6. The Hall–Kier alpha value is -1.38. The summed E-state index contributed by atoms with van der Waals surface area (Å²) in [5.74, 6) is 0.852. The number of carboxylic acid groups (broad SMARTS) is 1. The molecule has 2 aromatic rings. The molecule has 0 atom stereocenters. The van der Waals surface area contributed by atoms with Crippen molar-refractivity contribution in [2.75, 3.05) is 26.2 Å². The fourth-order valence-electron chi connectivity index (χ4n) is 2.43. The summed E-state index contributed by atoms with van der Waals surface area (Å²) in [4.78, 5) is 23.0. The maximum absolute atomic E-state index is 10.9. The van der Waals surface area contributed by atoms with Gasteiger partial charge in [0.25, 0.3) is 0 Å². The smallest absolute Gasteiger partial charge is 0.407 e. The zero-order chi connectivity index (χ0) is 15.0. The molecule has 3 heterocycles. The van der Waals surface area contributed by atoms with Crippen LogP contribution < -0.4 is 0 Å². The summed E-state index contributed by atoms with van der Waals surface area (Å²) in [6, 6.07) is 0. The highest BCUT2D eigenvalue weighted by Crippen LogP contribution is 2.25. The first-order chi connectivity index (χ1) is 10.1. The number of imidazole rings is 1. The molecule has 1 fully saturated rings. The molecule has 1 N–H and O–H groups in total. The van der Waals surface area contributed by atoms with Gasteiger partial charge in [0.2, 0.25) is 0 Å². The molecule has 1 amide bonds. The molecule has 7 nitrogen and oxygen atoms in total. The number of amides is 1. The van der Waals surface area contributed by atoms with Gasteiger partial charge in [-0.3, -0.25) is 9.30 Å². The lowest BCUT2D eigenvalue weighted by atomic mass is 10.3. The third kappa shape index (κ3) is 2.83. The van der Waals surface area contributed by atoms with Crippen molar-refractivity contribution in [3.63, 3.8) is 0 Å². The van der Waals surface area contributed by atoms with Crippen molar-refractivity contribution in [3.05, 3.63) is 28.0 Å². The van der Waals surface area contributed by atoms with Gasteiger partial charge in [0.05, 0.1) is 6.54 Å². The number of halogens is 2. The number of hydrogen-bond acceptors (Lipinski definition) is 4. The summed E-state index contributed by atoms with van der Waals surface area (Å²) in [5, 5.41) is 9.35. The van der Waals surface area contributed by atoms with Crippen LogP contribution in [0, 0.1) is 0 Å². The van der Waals surface area contributed by atoms with Gasteiger partial charge in [0, 0.05) is 38.6 Å². The minimum absolute atomic E-state index is 0.402. The van der Waals surface area contributed by atoms with Crippen molar-refractivity contribution in [1.82, 2.24) is 24.2 Å². The van der Waals surface area contributed by atoms with Gasteiger partial charge in [-0.25, -0.2) is 14.8 Å². The number of aromatic nitrogens is 3. The highest BCUT2D eigenvalue weighted by atomic mass is 79.9. The first kappa shape index (κ1) is 14.6. The van der Waals surface area contributed by atoms with E-state index in [1.165, 1.54) is 4.90 Å². The van der Waals surface area contributed by atoms with Gasteiger partial charge >= 0.3 is 6.09 Å². The van der Waals surface area contributed by atoms with Gasteiger partial charge in [0.1, 0.15) is 15.9 Å². The monoisotopic (exact) mass is 373 g/mol. The Morgan fingerprint density at radius 3 is 2.76 bits per heavy atom. The number of rotatable bonds is 2. The van der Waals surface area contributed by atoms with Crippen LogP contribution in [0.3, 0.4) is 0 Å². The second kappa shape index (κ2) is 5.78. The van der Waals surface area contributed by atoms with Crippen molar-refractivity contribution in [2.45, 2.75) is 6.54 Å². The fraction of sp³-hybridized carbons (Fsp3) is 0.417.